The van der Waals surface area contributed by atoms with E-state index >= 15 is 0 Å². The largest absolute Gasteiger partial charge is 0.458 e. The van der Waals surface area contributed by atoms with Crippen molar-refractivity contribution < 1.29 is 57.5 Å². The summed E-state index contributed by atoms with van der Waals surface area (Å²) in [6.45, 7) is 8.80. The van der Waals surface area contributed by atoms with Gasteiger partial charge >= 0.3 is 29.8 Å². The smallest absolute Gasteiger partial charge is 0.317 e. The Kier molecular flexibility index (Phi) is 6.04. The van der Waals surface area contributed by atoms with E-state index in [-0.39, 0.29) is 18.4 Å². The summed E-state index contributed by atoms with van der Waals surface area (Å²) in [6.07, 6.45) is -0.606. The van der Waals surface area contributed by atoms with Gasteiger partial charge in [0.1, 0.15) is 23.2 Å². The first kappa shape index (κ1) is 27.3. The predicted molar refractivity (Wildman–Crippen MR) is 127 cm³/mol. The summed E-state index contributed by atoms with van der Waals surface area (Å²) >= 11 is 0. The number of aliphatic hydroxyl groups excluding tert-OH is 1. The van der Waals surface area contributed by atoms with Gasteiger partial charge in [-0.25, -0.2) is 0 Å². The average Bonchev–Trinajstić information content (AvgIpc) is 3.26. The molecule has 39 heavy (non-hydrogen) atoms. The molecule has 0 unspecified atom stereocenters. The molecule has 4 fully saturated rings. The zero-order valence-corrected chi connectivity index (χ0v) is 22.4. The molecule has 5 rings (SSSR count). The van der Waals surface area contributed by atoms with E-state index in [9.17, 15) is 29.1 Å². The summed E-state index contributed by atoms with van der Waals surface area (Å²) in [7, 11) is 1.34. The highest BCUT2D eigenvalue weighted by Gasteiger charge is 2.88. The third-order valence-corrected chi connectivity index (χ3v) is 9.49. The Hall–Kier alpha value is -3.25. The van der Waals surface area contributed by atoms with Gasteiger partial charge in [0, 0.05) is 51.6 Å². The number of carbonyl (C=O) groups excluding carboxylic acids is 5. The highest BCUT2D eigenvalue weighted by atomic mass is 16.7. The van der Waals surface area contributed by atoms with Gasteiger partial charge in [-0.05, 0) is 31.1 Å². The van der Waals surface area contributed by atoms with Gasteiger partial charge in [-0.3, -0.25) is 24.0 Å². The van der Waals surface area contributed by atoms with E-state index in [0.29, 0.717) is 0 Å². The maximum Gasteiger partial charge on any atom is 0.317 e. The van der Waals surface area contributed by atoms with E-state index in [1.54, 1.807) is 19.1 Å². The van der Waals surface area contributed by atoms with E-state index < -0.39 is 94.7 Å². The number of rotatable bonds is 6. The van der Waals surface area contributed by atoms with E-state index in [1.165, 1.54) is 27.9 Å². The normalized spacial score (nSPS) is 44.7. The number of ether oxygens (including phenoxy) is 6. The van der Waals surface area contributed by atoms with E-state index in [1.807, 2.05) is 0 Å². The van der Waals surface area contributed by atoms with Crippen LogP contribution in [-0.4, -0.2) is 78.4 Å². The molecule has 10 atom stereocenters. The van der Waals surface area contributed by atoms with Gasteiger partial charge in [-0.1, -0.05) is 6.58 Å². The van der Waals surface area contributed by atoms with Gasteiger partial charge in [0.2, 0.25) is 0 Å². The van der Waals surface area contributed by atoms with Crippen LogP contribution in [0, 0.1) is 28.6 Å². The fourth-order valence-electron chi connectivity index (χ4n) is 8.37. The van der Waals surface area contributed by atoms with Gasteiger partial charge in [-0.15, -0.1) is 0 Å². The molecule has 12 heteroatoms. The van der Waals surface area contributed by atoms with Gasteiger partial charge in [0.25, 0.3) is 0 Å². The van der Waals surface area contributed by atoms with Gasteiger partial charge in [0.15, 0.2) is 12.4 Å². The number of hydrogen-bond donors (Lipinski definition) is 1. The summed E-state index contributed by atoms with van der Waals surface area (Å²) in [5, 5.41) is 11.9. The molecule has 0 amide bonds. The summed E-state index contributed by atoms with van der Waals surface area (Å²) in [5.74, 6) is -6.41. The Labute approximate surface area is 224 Å². The molecule has 12 nitrogen and oxygen atoms in total. The fourth-order valence-corrected chi connectivity index (χ4v) is 8.37. The van der Waals surface area contributed by atoms with Crippen molar-refractivity contribution in [3.8, 4) is 0 Å². The van der Waals surface area contributed by atoms with Crippen LogP contribution < -0.4 is 0 Å². The molecule has 3 saturated carbocycles. The van der Waals surface area contributed by atoms with Crippen LogP contribution in [0.2, 0.25) is 0 Å². The summed E-state index contributed by atoms with van der Waals surface area (Å²) in [4.78, 5) is 64.0. The third-order valence-electron chi connectivity index (χ3n) is 9.49. The molecule has 0 aromatic carbocycles. The Morgan fingerprint density at radius 3 is 2.38 bits per heavy atom. The van der Waals surface area contributed by atoms with Crippen molar-refractivity contribution in [1.29, 1.82) is 0 Å². The number of aliphatic hydroxyl groups is 1. The van der Waals surface area contributed by atoms with Crippen molar-refractivity contribution in [2.24, 2.45) is 28.6 Å². The molecule has 1 saturated heterocycles. The lowest BCUT2D eigenvalue weighted by Gasteiger charge is -2.48. The van der Waals surface area contributed by atoms with Crippen LogP contribution in [0.3, 0.4) is 0 Å². The van der Waals surface area contributed by atoms with Crippen molar-refractivity contribution in [3.05, 3.63) is 24.3 Å². The zero-order chi connectivity index (χ0) is 28.7. The van der Waals surface area contributed by atoms with E-state index in [0.717, 1.165) is 0 Å². The second-order valence-electron chi connectivity index (χ2n) is 11.3. The standard InChI is InChI=1S/C27H32O12/c1-12-21(31)25-10-27(12,38-15(4)30)18(37-14(3)29)9-16(25)26-8-7-17(36-13(2)28)24(5,23(33)39-26)20(26)19(25)22(32)35-11-34-6/h7-8,16-21,31H,1,9-11H2,2-6H3/t16-,17+,18+,19-,20-,21+,24-,25-,26-,27+/m1/s1. The maximum absolute atomic E-state index is 13.9. The SMILES string of the molecule is C=C1[C@H](O)[C@]23C[C@@]1(OC(C)=O)[C@@H](OC(C)=O)C[C@H]2[C@@]12C=C[C@H](OC(C)=O)[C@@](C)(C(=O)O1)[C@H]2[C@@H]3C(=O)OCOC. The van der Waals surface area contributed by atoms with Gasteiger partial charge in [-0.2, -0.15) is 0 Å². The second kappa shape index (κ2) is 8.62. The molecule has 212 valence electrons. The van der Waals surface area contributed by atoms with Crippen LogP contribution in [0.1, 0.15) is 40.5 Å². The molecule has 0 aromatic rings. The molecule has 5 aliphatic rings. The molecule has 1 heterocycles. The number of esters is 5. The predicted octanol–water partition coefficient (Wildman–Crippen LogP) is 0.744. The molecule has 1 N–H and O–H groups in total. The van der Waals surface area contributed by atoms with E-state index in [2.05, 4.69) is 6.58 Å². The van der Waals surface area contributed by atoms with Crippen LogP contribution >= 0.6 is 0 Å². The number of methoxy groups -OCH3 is 1. The average molecular weight is 549 g/mol. The first-order chi connectivity index (χ1) is 18.2. The van der Waals surface area contributed by atoms with E-state index in [4.69, 9.17) is 28.4 Å². The molecular weight excluding hydrogens is 516 g/mol. The quantitative estimate of drug-likeness (QED) is 0.215. The van der Waals surface area contributed by atoms with Crippen LogP contribution in [-0.2, 0) is 52.4 Å². The molecule has 1 aliphatic heterocycles. The molecule has 4 bridgehead atoms. The van der Waals surface area contributed by atoms with Crippen molar-refractivity contribution in [2.45, 2.75) is 70.1 Å². The lowest BCUT2D eigenvalue weighted by molar-refractivity contribution is -0.201. The van der Waals surface area contributed by atoms with Crippen molar-refractivity contribution in [1.82, 2.24) is 0 Å². The minimum absolute atomic E-state index is 0.0283. The highest BCUT2D eigenvalue weighted by Crippen LogP contribution is 2.78. The van der Waals surface area contributed by atoms with Gasteiger partial charge < -0.3 is 33.5 Å². The fraction of sp³-hybridized carbons (Fsp3) is 0.667. The lowest BCUT2D eigenvalue weighted by Crippen LogP contribution is -2.57. The Balaban J connectivity index is 1.76. The minimum Gasteiger partial charge on any atom is -0.458 e. The van der Waals surface area contributed by atoms with Crippen LogP contribution in [0.4, 0.5) is 0 Å². The van der Waals surface area contributed by atoms with Crippen molar-refractivity contribution >= 4 is 29.8 Å². The number of hydrogen-bond acceptors (Lipinski definition) is 12. The van der Waals surface area contributed by atoms with Crippen molar-refractivity contribution in [3.63, 3.8) is 0 Å². The molecule has 0 aromatic heterocycles. The number of carbonyl (C=O) groups is 5. The Bertz CT molecular complexity index is 1210. The highest BCUT2D eigenvalue weighted by molar-refractivity contribution is 5.88. The first-order valence-corrected chi connectivity index (χ1v) is 12.7. The van der Waals surface area contributed by atoms with Crippen LogP contribution in [0.25, 0.3) is 0 Å². The van der Waals surface area contributed by atoms with Crippen LogP contribution in [0.15, 0.2) is 24.3 Å². The minimum atomic E-state index is -1.64. The monoisotopic (exact) mass is 548 g/mol. The second-order valence-corrected chi connectivity index (χ2v) is 11.3. The molecular formula is C27H32O12. The van der Waals surface area contributed by atoms with Crippen molar-refractivity contribution in [2.75, 3.05) is 13.9 Å². The topological polar surface area (TPSA) is 161 Å². The summed E-state index contributed by atoms with van der Waals surface area (Å²) in [5.41, 5.74) is -5.96. The first-order valence-electron chi connectivity index (χ1n) is 12.7. The Morgan fingerprint density at radius 1 is 1.13 bits per heavy atom. The zero-order valence-electron chi connectivity index (χ0n) is 22.4. The van der Waals surface area contributed by atoms with Crippen LogP contribution in [0.5, 0.6) is 0 Å². The molecule has 1 spiro atoms. The maximum atomic E-state index is 13.9. The Morgan fingerprint density at radius 2 is 1.79 bits per heavy atom. The summed E-state index contributed by atoms with van der Waals surface area (Å²) in [6, 6.07) is 0. The molecule has 4 aliphatic carbocycles. The molecule has 0 radical (unpaired) electrons. The number of fused-ring (bicyclic) bond motifs is 1. The summed E-state index contributed by atoms with van der Waals surface area (Å²) < 4.78 is 33.5. The lowest BCUT2D eigenvalue weighted by atomic mass is 9.60. The van der Waals surface area contributed by atoms with Gasteiger partial charge in [0.05, 0.1) is 12.0 Å². The third kappa shape index (κ3) is 3.27.